The molecule has 0 saturated heterocycles. The number of hydrogen-bond acceptors (Lipinski definition) is 8. The number of carbonyl (C=O) groups excluding carboxylic acids is 2. The van der Waals surface area contributed by atoms with Crippen LogP contribution in [-0.4, -0.2) is 56.9 Å². The average Bonchev–Trinajstić information content (AvgIpc) is 3.58. The highest BCUT2D eigenvalue weighted by atomic mass is 32.1. The van der Waals surface area contributed by atoms with E-state index in [1.54, 1.807) is 38.3 Å². The number of anilines is 1. The molecule has 39 heavy (non-hydrogen) atoms. The van der Waals surface area contributed by atoms with E-state index in [-0.39, 0.29) is 42.6 Å². The Morgan fingerprint density at radius 1 is 1.21 bits per heavy atom. The van der Waals surface area contributed by atoms with Crippen LogP contribution < -0.4 is 10.1 Å². The van der Waals surface area contributed by atoms with Crippen LogP contribution in [0.2, 0.25) is 0 Å². The summed E-state index contributed by atoms with van der Waals surface area (Å²) in [5, 5.41) is 12.3. The van der Waals surface area contributed by atoms with Gasteiger partial charge < -0.3 is 19.7 Å². The summed E-state index contributed by atoms with van der Waals surface area (Å²) in [6.45, 7) is 5.76. The van der Waals surface area contributed by atoms with E-state index >= 15 is 8.78 Å². The minimum absolute atomic E-state index is 0.0259. The summed E-state index contributed by atoms with van der Waals surface area (Å²) in [6.07, 6.45) is 5.72. The summed E-state index contributed by atoms with van der Waals surface area (Å²) < 4.78 is 41.8. The molecule has 5 rings (SSSR count). The molecule has 0 bridgehead atoms. The maximum absolute atomic E-state index is 15.8. The standard InChI is InChI=1S/C27H27F2N5O4S/c1-27(2,3)38-26(36)34-10-7-15(8-11-34)21-19(12-18(28)23(22(21)29)37-17-4-5-17)32-24(35)20-14-39-25(33-20)16-6-9-30-31-13-16/h6-7,9,12-14,17H,4-5,8,10-11H2,1-3H3,(H,32,35). The van der Waals surface area contributed by atoms with Gasteiger partial charge in [-0.05, 0) is 51.7 Å². The van der Waals surface area contributed by atoms with Gasteiger partial charge in [-0.25, -0.2) is 18.6 Å². The Kier molecular flexibility index (Phi) is 7.30. The topological polar surface area (TPSA) is 107 Å². The lowest BCUT2D eigenvalue weighted by Crippen LogP contribution is -2.39. The van der Waals surface area contributed by atoms with Gasteiger partial charge in [-0.1, -0.05) is 6.08 Å². The second kappa shape index (κ2) is 10.7. The highest BCUT2D eigenvalue weighted by Gasteiger charge is 2.32. The van der Waals surface area contributed by atoms with Gasteiger partial charge in [0.05, 0.1) is 24.2 Å². The van der Waals surface area contributed by atoms with Crippen LogP contribution in [0.1, 0.15) is 56.1 Å². The predicted molar refractivity (Wildman–Crippen MR) is 142 cm³/mol. The lowest BCUT2D eigenvalue weighted by atomic mass is 9.96. The van der Waals surface area contributed by atoms with E-state index in [1.807, 2.05) is 0 Å². The zero-order chi connectivity index (χ0) is 27.7. The number of aromatic nitrogens is 3. The molecule has 1 aliphatic carbocycles. The van der Waals surface area contributed by atoms with Gasteiger partial charge in [0.15, 0.2) is 17.4 Å². The van der Waals surface area contributed by atoms with Crippen LogP contribution in [0, 0.1) is 11.6 Å². The first kappa shape index (κ1) is 26.7. The molecule has 12 heteroatoms. The Balaban J connectivity index is 1.43. The highest BCUT2D eigenvalue weighted by Crippen LogP contribution is 2.40. The molecule has 204 valence electrons. The van der Waals surface area contributed by atoms with E-state index < -0.39 is 35.0 Å². The first-order valence-electron chi connectivity index (χ1n) is 12.5. The van der Waals surface area contributed by atoms with Crippen molar-refractivity contribution >= 4 is 34.6 Å². The predicted octanol–water partition coefficient (Wildman–Crippen LogP) is 5.70. The summed E-state index contributed by atoms with van der Waals surface area (Å²) in [4.78, 5) is 31.4. The quantitative estimate of drug-likeness (QED) is 0.416. The van der Waals surface area contributed by atoms with E-state index in [0.29, 0.717) is 16.1 Å². The van der Waals surface area contributed by atoms with Crippen molar-refractivity contribution in [3.05, 3.63) is 58.9 Å². The summed E-state index contributed by atoms with van der Waals surface area (Å²) in [5.41, 5.74) is 0.624. The molecule has 0 unspecified atom stereocenters. The van der Waals surface area contributed by atoms with Crippen molar-refractivity contribution < 1.29 is 27.8 Å². The van der Waals surface area contributed by atoms with E-state index in [2.05, 4.69) is 20.5 Å². The number of nitrogens with one attached hydrogen (secondary N) is 1. The van der Waals surface area contributed by atoms with Gasteiger partial charge in [-0.3, -0.25) is 4.79 Å². The smallest absolute Gasteiger partial charge is 0.410 e. The molecule has 1 fully saturated rings. The Labute approximate surface area is 227 Å². The van der Waals surface area contributed by atoms with Gasteiger partial charge in [-0.15, -0.1) is 11.3 Å². The molecule has 2 aliphatic rings. The summed E-state index contributed by atoms with van der Waals surface area (Å²) in [5.74, 6) is -2.90. The van der Waals surface area contributed by atoms with Crippen LogP contribution >= 0.6 is 11.3 Å². The Bertz CT molecular complexity index is 1430. The Morgan fingerprint density at radius 3 is 2.64 bits per heavy atom. The van der Waals surface area contributed by atoms with Crippen LogP contribution in [0.4, 0.5) is 19.3 Å². The fourth-order valence-corrected chi connectivity index (χ4v) is 4.77. The van der Waals surface area contributed by atoms with Crippen molar-refractivity contribution in [2.75, 3.05) is 18.4 Å². The van der Waals surface area contributed by atoms with Crippen molar-refractivity contribution in [1.29, 1.82) is 0 Å². The monoisotopic (exact) mass is 555 g/mol. The molecule has 2 amide bonds. The van der Waals surface area contributed by atoms with Gasteiger partial charge in [0.2, 0.25) is 0 Å². The van der Waals surface area contributed by atoms with E-state index in [4.69, 9.17) is 9.47 Å². The Hall–Kier alpha value is -3.93. The van der Waals surface area contributed by atoms with Crippen LogP contribution in [0.3, 0.4) is 0 Å². The molecule has 0 atom stereocenters. The largest absolute Gasteiger partial charge is 0.484 e. The maximum Gasteiger partial charge on any atom is 0.410 e. The third-order valence-electron chi connectivity index (χ3n) is 5.98. The summed E-state index contributed by atoms with van der Waals surface area (Å²) >= 11 is 1.23. The summed E-state index contributed by atoms with van der Waals surface area (Å²) in [7, 11) is 0. The van der Waals surface area contributed by atoms with E-state index in [0.717, 1.165) is 18.9 Å². The van der Waals surface area contributed by atoms with Crippen molar-refractivity contribution in [3.63, 3.8) is 0 Å². The van der Waals surface area contributed by atoms with Gasteiger partial charge in [-0.2, -0.15) is 10.2 Å². The number of thiazole rings is 1. The molecule has 1 aliphatic heterocycles. The van der Waals surface area contributed by atoms with Crippen molar-refractivity contribution in [2.45, 2.75) is 51.7 Å². The van der Waals surface area contributed by atoms with Crippen LogP contribution in [-0.2, 0) is 4.74 Å². The number of benzene rings is 1. The maximum atomic E-state index is 15.8. The molecule has 3 heterocycles. The molecule has 0 spiro atoms. The van der Waals surface area contributed by atoms with Crippen molar-refractivity contribution in [3.8, 4) is 16.3 Å². The van der Waals surface area contributed by atoms with E-state index in [9.17, 15) is 9.59 Å². The fraction of sp³-hybridized carbons (Fsp3) is 0.370. The van der Waals surface area contributed by atoms with Crippen LogP contribution in [0.5, 0.6) is 5.75 Å². The first-order chi connectivity index (χ1) is 18.6. The molecule has 3 aromatic rings. The summed E-state index contributed by atoms with van der Waals surface area (Å²) in [6, 6.07) is 2.78. The number of ether oxygens (including phenoxy) is 2. The van der Waals surface area contributed by atoms with Gasteiger partial charge in [0.25, 0.3) is 5.91 Å². The number of halogens is 2. The second-order valence-corrected chi connectivity index (χ2v) is 11.1. The Morgan fingerprint density at radius 2 is 2.00 bits per heavy atom. The lowest BCUT2D eigenvalue weighted by molar-refractivity contribution is 0.0270. The lowest BCUT2D eigenvalue weighted by Gasteiger charge is -2.30. The van der Waals surface area contributed by atoms with Crippen LogP contribution in [0.15, 0.2) is 36.0 Å². The molecule has 1 aromatic carbocycles. The number of carbonyl (C=O) groups is 2. The number of amides is 2. The molecule has 0 radical (unpaired) electrons. The highest BCUT2D eigenvalue weighted by molar-refractivity contribution is 7.13. The van der Waals surface area contributed by atoms with Gasteiger partial charge in [0, 0.05) is 35.7 Å². The van der Waals surface area contributed by atoms with Crippen molar-refractivity contribution in [1.82, 2.24) is 20.1 Å². The SMILES string of the molecule is CC(C)(C)OC(=O)N1CC=C(c2c(NC(=O)c3csc(-c4ccnnc4)n3)cc(F)c(OC3CC3)c2F)CC1. The number of hydrogen-bond donors (Lipinski definition) is 1. The molecule has 9 nitrogen and oxygen atoms in total. The van der Waals surface area contributed by atoms with Crippen molar-refractivity contribution in [2.24, 2.45) is 0 Å². The van der Waals surface area contributed by atoms with Gasteiger partial charge >= 0.3 is 6.09 Å². The minimum atomic E-state index is -0.910. The van der Waals surface area contributed by atoms with Gasteiger partial charge in [0.1, 0.15) is 16.3 Å². The molecular weight excluding hydrogens is 528 g/mol. The van der Waals surface area contributed by atoms with E-state index in [1.165, 1.54) is 28.6 Å². The molecular formula is C27H27F2N5O4S. The zero-order valence-corrected chi connectivity index (χ0v) is 22.5. The number of rotatable bonds is 6. The second-order valence-electron chi connectivity index (χ2n) is 10.3. The average molecular weight is 556 g/mol. The molecule has 1 saturated carbocycles. The third-order valence-corrected chi connectivity index (χ3v) is 6.87. The molecule has 2 aromatic heterocycles. The third kappa shape index (κ3) is 6.22. The normalized spacial score (nSPS) is 15.5. The van der Waals surface area contributed by atoms with Crippen LogP contribution in [0.25, 0.3) is 16.1 Å². The minimum Gasteiger partial charge on any atom is -0.484 e. The number of nitrogens with zero attached hydrogens (tertiary/aromatic N) is 4. The first-order valence-corrected chi connectivity index (χ1v) is 13.4. The zero-order valence-electron chi connectivity index (χ0n) is 21.7. The fourth-order valence-electron chi connectivity index (χ4n) is 3.98. The molecule has 1 N–H and O–H groups in total.